The molecule has 3 nitrogen and oxygen atoms in total. The van der Waals surface area contributed by atoms with Gasteiger partial charge in [-0.25, -0.2) is 0 Å². The standard InChI is InChI=1S/C27H26ClNO2/c28-24-12-8-23(9-13-24)27(30)26(20-21-6-2-1-3-7-21)22-10-14-25(15-11-22)31-19-18-29-16-4-5-17-29/h1-3,6-15,20H,4-5,16-19H2/b26-20+. The van der Waals surface area contributed by atoms with Crippen molar-refractivity contribution in [3.05, 3.63) is 101 Å². The van der Waals surface area contributed by atoms with E-state index in [9.17, 15) is 4.79 Å². The van der Waals surface area contributed by atoms with Gasteiger partial charge in [-0.15, -0.1) is 0 Å². The molecule has 1 heterocycles. The molecule has 0 amide bonds. The van der Waals surface area contributed by atoms with Crippen LogP contribution in [0.15, 0.2) is 78.9 Å². The molecule has 0 unspecified atom stereocenters. The fraction of sp³-hybridized carbons (Fsp3) is 0.222. The molecular weight excluding hydrogens is 406 g/mol. The average molecular weight is 432 g/mol. The van der Waals surface area contributed by atoms with Crippen molar-refractivity contribution in [2.75, 3.05) is 26.2 Å². The van der Waals surface area contributed by atoms with Crippen LogP contribution >= 0.6 is 11.6 Å². The molecule has 3 aromatic rings. The summed E-state index contributed by atoms with van der Waals surface area (Å²) in [5, 5.41) is 0.612. The van der Waals surface area contributed by atoms with Gasteiger partial charge >= 0.3 is 0 Å². The highest BCUT2D eigenvalue weighted by molar-refractivity contribution is 6.33. The van der Waals surface area contributed by atoms with Crippen LogP contribution in [0.3, 0.4) is 0 Å². The van der Waals surface area contributed by atoms with Crippen molar-refractivity contribution in [1.82, 2.24) is 4.90 Å². The molecule has 3 aromatic carbocycles. The van der Waals surface area contributed by atoms with E-state index in [1.54, 1.807) is 24.3 Å². The summed E-state index contributed by atoms with van der Waals surface area (Å²) in [6.45, 7) is 3.97. The Morgan fingerprint density at radius 1 is 0.871 bits per heavy atom. The third-order valence-electron chi connectivity index (χ3n) is 5.50. The number of Topliss-reactive ketones (excluding diaryl/α,β-unsaturated/α-hetero) is 1. The van der Waals surface area contributed by atoms with Gasteiger partial charge in [0.2, 0.25) is 0 Å². The molecule has 0 saturated carbocycles. The van der Waals surface area contributed by atoms with E-state index in [-0.39, 0.29) is 5.78 Å². The first-order valence-corrected chi connectivity index (χ1v) is 11.1. The molecule has 4 heteroatoms. The van der Waals surface area contributed by atoms with Gasteiger partial charge in [-0.2, -0.15) is 0 Å². The summed E-state index contributed by atoms with van der Waals surface area (Å²) in [4.78, 5) is 15.7. The zero-order valence-corrected chi connectivity index (χ0v) is 18.2. The first-order chi connectivity index (χ1) is 15.2. The van der Waals surface area contributed by atoms with Crippen molar-refractivity contribution in [2.45, 2.75) is 12.8 Å². The molecule has 4 rings (SSSR count). The highest BCUT2D eigenvalue weighted by atomic mass is 35.5. The van der Waals surface area contributed by atoms with Crippen molar-refractivity contribution in [1.29, 1.82) is 0 Å². The number of rotatable bonds is 8. The van der Waals surface area contributed by atoms with Gasteiger partial charge in [0, 0.05) is 22.7 Å². The van der Waals surface area contributed by atoms with Crippen LogP contribution in [0.5, 0.6) is 5.75 Å². The first-order valence-electron chi connectivity index (χ1n) is 10.7. The molecular formula is C27H26ClNO2. The number of benzene rings is 3. The molecule has 1 aliphatic heterocycles. The summed E-state index contributed by atoms with van der Waals surface area (Å²) in [6, 6.07) is 24.7. The summed E-state index contributed by atoms with van der Waals surface area (Å²) >= 11 is 6.00. The van der Waals surface area contributed by atoms with Crippen LogP contribution in [0.1, 0.15) is 34.3 Å². The highest BCUT2D eigenvalue weighted by Crippen LogP contribution is 2.26. The topological polar surface area (TPSA) is 29.5 Å². The maximum Gasteiger partial charge on any atom is 0.193 e. The third kappa shape index (κ3) is 5.84. The summed E-state index contributed by atoms with van der Waals surface area (Å²) < 4.78 is 5.92. The van der Waals surface area contributed by atoms with Gasteiger partial charge in [0.25, 0.3) is 0 Å². The smallest absolute Gasteiger partial charge is 0.193 e. The maximum atomic E-state index is 13.3. The van der Waals surface area contributed by atoms with E-state index in [1.165, 1.54) is 25.9 Å². The Kier molecular flexibility index (Phi) is 7.18. The Hall–Kier alpha value is -2.88. The largest absolute Gasteiger partial charge is 0.492 e. The second kappa shape index (κ2) is 10.4. The lowest BCUT2D eigenvalue weighted by Gasteiger charge is -2.15. The molecule has 158 valence electrons. The van der Waals surface area contributed by atoms with Gasteiger partial charge in [0.1, 0.15) is 12.4 Å². The molecule has 0 spiro atoms. The zero-order valence-electron chi connectivity index (χ0n) is 17.5. The molecule has 0 radical (unpaired) electrons. The van der Waals surface area contributed by atoms with E-state index in [0.29, 0.717) is 22.8 Å². The Balaban J connectivity index is 1.54. The van der Waals surface area contributed by atoms with E-state index >= 15 is 0 Å². The normalized spacial score (nSPS) is 14.5. The molecule has 0 atom stereocenters. The summed E-state index contributed by atoms with van der Waals surface area (Å²) in [6.07, 6.45) is 4.50. The molecule has 0 aromatic heterocycles. The number of ether oxygens (including phenoxy) is 1. The van der Waals surface area contributed by atoms with Crippen LogP contribution in [-0.4, -0.2) is 36.9 Å². The SMILES string of the molecule is O=C(/C(=C/c1ccccc1)c1ccc(OCCN2CCCC2)cc1)c1ccc(Cl)cc1. The lowest BCUT2D eigenvalue weighted by Crippen LogP contribution is -2.25. The predicted octanol–water partition coefficient (Wildman–Crippen LogP) is 6.24. The van der Waals surface area contributed by atoms with Gasteiger partial charge in [-0.1, -0.05) is 54.1 Å². The number of hydrogen-bond acceptors (Lipinski definition) is 3. The number of halogens is 1. The van der Waals surface area contributed by atoms with Crippen LogP contribution in [-0.2, 0) is 0 Å². The lowest BCUT2D eigenvalue weighted by atomic mass is 9.94. The third-order valence-corrected chi connectivity index (χ3v) is 5.75. The van der Waals surface area contributed by atoms with Crippen LogP contribution in [0.4, 0.5) is 0 Å². The van der Waals surface area contributed by atoms with Crippen LogP contribution in [0, 0.1) is 0 Å². The second-order valence-corrected chi connectivity index (χ2v) is 8.16. The van der Waals surface area contributed by atoms with Crippen LogP contribution < -0.4 is 4.74 Å². The van der Waals surface area contributed by atoms with Crippen molar-refractivity contribution in [2.24, 2.45) is 0 Å². The molecule has 1 saturated heterocycles. The van der Waals surface area contributed by atoms with Crippen molar-refractivity contribution >= 4 is 29.0 Å². The van der Waals surface area contributed by atoms with Crippen molar-refractivity contribution in [3.63, 3.8) is 0 Å². The number of carbonyl (C=O) groups is 1. The van der Waals surface area contributed by atoms with Gasteiger partial charge in [-0.05, 0) is 79.5 Å². The summed E-state index contributed by atoms with van der Waals surface area (Å²) in [7, 11) is 0. The quantitative estimate of drug-likeness (QED) is 0.240. The molecule has 1 fully saturated rings. The van der Waals surface area contributed by atoms with Crippen LogP contribution in [0.25, 0.3) is 11.6 Å². The number of carbonyl (C=O) groups excluding carboxylic acids is 1. The molecule has 1 aliphatic rings. The molecule has 0 N–H and O–H groups in total. The minimum absolute atomic E-state index is 0.0387. The monoisotopic (exact) mass is 431 g/mol. The Morgan fingerprint density at radius 2 is 1.52 bits per heavy atom. The maximum absolute atomic E-state index is 13.3. The second-order valence-electron chi connectivity index (χ2n) is 7.73. The van der Waals surface area contributed by atoms with Gasteiger partial charge in [0.15, 0.2) is 5.78 Å². The lowest BCUT2D eigenvalue weighted by molar-refractivity contribution is 0.105. The van der Waals surface area contributed by atoms with Crippen molar-refractivity contribution < 1.29 is 9.53 Å². The van der Waals surface area contributed by atoms with Crippen molar-refractivity contribution in [3.8, 4) is 5.75 Å². The fourth-order valence-electron chi connectivity index (χ4n) is 3.78. The molecule has 0 aliphatic carbocycles. The summed E-state index contributed by atoms with van der Waals surface area (Å²) in [5.74, 6) is 0.782. The number of ketones is 1. The Morgan fingerprint density at radius 3 is 2.19 bits per heavy atom. The van der Waals surface area contributed by atoms with Gasteiger partial charge in [-0.3, -0.25) is 9.69 Å². The number of hydrogen-bond donors (Lipinski definition) is 0. The average Bonchev–Trinajstić information content (AvgIpc) is 3.32. The van der Waals surface area contributed by atoms with E-state index in [1.807, 2.05) is 60.7 Å². The zero-order chi connectivity index (χ0) is 21.5. The van der Waals surface area contributed by atoms with E-state index < -0.39 is 0 Å². The predicted molar refractivity (Wildman–Crippen MR) is 128 cm³/mol. The minimum atomic E-state index is -0.0387. The van der Waals surface area contributed by atoms with Gasteiger partial charge in [0.05, 0.1) is 0 Å². The number of allylic oxidation sites excluding steroid dienone is 1. The summed E-state index contributed by atoms with van der Waals surface area (Å²) in [5.41, 5.74) is 3.08. The minimum Gasteiger partial charge on any atom is -0.492 e. The Bertz CT molecular complexity index is 1020. The first kappa shape index (κ1) is 21.4. The van der Waals surface area contributed by atoms with Gasteiger partial charge < -0.3 is 4.74 Å². The van der Waals surface area contributed by atoms with E-state index in [4.69, 9.17) is 16.3 Å². The molecule has 31 heavy (non-hydrogen) atoms. The number of nitrogens with zero attached hydrogens (tertiary/aromatic N) is 1. The molecule has 0 bridgehead atoms. The Labute approximate surface area is 188 Å². The fourth-order valence-corrected chi connectivity index (χ4v) is 3.91. The highest BCUT2D eigenvalue weighted by Gasteiger charge is 2.15. The van der Waals surface area contributed by atoms with E-state index in [2.05, 4.69) is 4.90 Å². The number of likely N-dealkylation sites (tertiary alicyclic amines) is 1. The van der Waals surface area contributed by atoms with Crippen LogP contribution in [0.2, 0.25) is 5.02 Å². The van der Waals surface area contributed by atoms with E-state index in [0.717, 1.165) is 23.4 Å².